The Bertz CT molecular complexity index is 185. The van der Waals surface area contributed by atoms with E-state index in [1.807, 2.05) is 20.8 Å². The van der Waals surface area contributed by atoms with Crippen molar-refractivity contribution >= 4 is 0 Å². The summed E-state index contributed by atoms with van der Waals surface area (Å²) >= 11 is 0. The lowest BCUT2D eigenvalue weighted by molar-refractivity contribution is 0.0362. The van der Waals surface area contributed by atoms with Crippen molar-refractivity contribution in [3.05, 3.63) is 0 Å². The van der Waals surface area contributed by atoms with E-state index in [9.17, 15) is 0 Å². The summed E-state index contributed by atoms with van der Waals surface area (Å²) in [6.45, 7) is 6.37. The molecule has 0 saturated carbocycles. The first kappa shape index (κ1) is 9.08. The molecule has 0 N–H and O–H groups in total. The van der Waals surface area contributed by atoms with E-state index in [4.69, 9.17) is 11.2 Å². The van der Waals surface area contributed by atoms with Gasteiger partial charge < -0.3 is 4.74 Å². The molecule has 0 aliphatic heterocycles. The van der Waals surface area contributed by atoms with E-state index in [1.165, 1.54) is 0 Å². The zero-order chi connectivity index (χ0) is 8.04. The highest BCUT2D eigenvalue weighted by Gasteiger charge is 2.11. The van der Waals surface area contributed by atoms with Gasteiger partial charge in [0.1, 0.15) is 5.60 Å². The Kier molecular flexibility index (Phi) is 3.62. The molecule has 0 radical (unpaired) electrons. The van der Waals surface area contributed by atoms with Crippen LogP contribution in [0.4, 0.5) is 0 Å². The summed E-state index contributed by atoms with van der Waals surface area (Å²) < 4.78 is 5.26. The molecule has 0 aromatic carbocycles. The monoisotopic (exact) mass is 136 g/mol. The molecule has 1 nitrogen and oxygen atoms in total. The molecule has 0 unspecified atom stereocenters. The minimum Gasteiger partial charge on any atom is -0.363 e. The maximum atomic E-state index is 5.26. The van der Waals surface area contributed by atoms with E-state index in [0.717, 1.165) is 0 Å². The average molecular weight is 136 g/mol. The van der Waals surface area contributed by atoms with E-state index in [0.29, 0.717) is 6.61 Å². The molecule has 0 heterocycles. The van der Waals surface area contributed by atoms with E-state index < -0.39 is 5.60 Å². The predicted octanol–water partition coefficient (Wildman–Crippen LogP) is 1.44. The van der Waals surface area contributed by atoms with E-state index >= 15 is 0 Å². The Hall–Kier alpha value is -0.920. The molecule has 0 aromatic heterocycles. The summed E-state index contributed by atoms with van der Waals surface area (Å²) in [6, 6.07) is 0. The van der Waals surface area contributed by atoms with Crippen LogP contribution < -0.4 is 0 Å². The first-order valence-electron chi connectivity index (χ1n) is 3.24. The van der Waals surface area contributed by atoms with E-state index in [1.54, 1.807) is 0 Å². The van der Waals surface area contributed by atoms with Crippen LogP contribution in [-0.2, 0) is 4.74 Å². The Labute approximate surface area is 62.8 Å². The third-order valence-electron chi connectivity index (χ3n) is 0.941. The Balaban J connectivity index is 4.01. The van der Waals surface area contributed by atoms with E-state index in [2.05, 4.69) is 17.8 Å². The van der Waals surface area contributed by atoms with Crippen LogP contribution in [0.15, 0.2) is 0 Å². The second kappa shape index (κ2) is 3.99. The minimum absolute atomic E-state index is 0.402. The van der Waals surface area contributed by atoms with Crippen molar-refractivity contribution in [1.82, 2.24) is 0 Å². The zero-order valence-electron chi connectivity index (χ0n) is 6.69. The van der Waals surface area contributed by atoms with E-state index in [-0.39, 0.29) is 0 Å². The van der Waals surface area contributed by atoms with Crippen LogP contribution in [0.3, 0.4) is 0 Å². The molecule has 0 saturated heterocycles. The Morgan fingerprint density at radius 1 is 1.50 bits per heavy atom. The second-order valence-corrected chi connectivity index (χ2v) is 2.34. The first-order valence-corrected chi connectivity index (χ1v) is 3.24. The van der Waals surface area contributed by atoms with Crippen LogP contribution >= 0.6 is 0 Å². The van der Waals surface area contributed by atoms with Gasteiger partial charge in [-0.05, 0) is 32.6 Å². The molecule has 0 amide bonds. The molecule has 0 aromatic rings. The number of rotatable bonds is 2. The van der Waals surface area contributed by atoms with Crippen molar-refractivity contribution in [2.24, 2.45) is 0 Å². The maximum absolute atomic E-state index is 5.26. The van der Waals surface area contributed by atoms with Gasteiger partial charge >= 0.3 is 0 Å². The summed E-state index contributed by atoms with van der Waals surface area (Å²) in [4.78, 5) is 0. The topological polar surface area (TPSA) is 9.23 Å². The molecule has 0 atom stereocenters. The van der Waals surface area contributed by atoms with Gasteiger partial charge in [-0.25, -0.2) is 0 Å². The summed E-state index contributed by atoms with van der Waals surface area (Å²) in [5, 5.41) is 0. The normalized spacial score (nSPS) is 9.40. The molecular formula is C9H12O. The zero-order valence-corrected chi connectivity index (χ0v) is 6.69. The van der Waals surface area contributed by atoms with Gasteiger partial charge in [0.15, 0.2) is 0 Å². The number of hydrogen-bond acceptors (Lipinski definition) is 1. The number of hydrogen-bond donors (Lipinski definition) is 0. The van der Waals surface area contributed by atoms with Crippen molar-refractivity contribution < 1.29 is 4.74 Å². The summed E-state index contributed by atoms with van der Waals surface area (Å²) in [6.07, 6.45) is 4.95. The maximum Gasteiger partial charge on any atom is 0.124 e. The number of terminal acetylenes is 1. The van der Waals surface area contributed by atoms with Crippen LogP contribution in [0.5, 0.6) is 0 Å². The summed E-state index contributed by atoms with van der Waals surface area (Å²) in [5.74, 6) is 7.57. The van der Waals surface area contributed by atoms with Crippen LogP contribution in [0.25, 0.3) is 0 Å². The standard InChI is InChI=1S/C9H12O/c1-5-7-8-9(3,4)10-6-2/h1H,6H2,2-4H3. The van der Waals surface area contributed by atoms with Gasteiger partial charge in [0.25, 0.3) is 0 Å². The molecule has 0 aliphatic carbocycles. The van der Waals surface area contributed by atoms with Gasteiger partial charge in [0, 0.05) is 6.61 Å². The quantitative estimate of drug-likeness (QED) is 0.522. The van der Waals surface area contributed by atoms with Gasteiger partial charge in [-0.3, -0.25) is 0 Å². The van der Waals surface area contributed by atoms with Gasteiger partial charge in [0.2, 0.25) is 0 Å². The van der Waals surface area contributed by atoms with Crippen LogP contribution in [0.1, 0.15) is 20.8 Å². The highest BCUT2D eigenvalue weighted by molar-refractivity contribution is 5.26. The highest BCUT2D eigenvalue weighted by Crippen LogP contribution is 2.05. The van der Waals surface area contributed by atoms with Gasteiger partial charge in [-0.15, -0.1) is 6.42 Å². The fraction of sp³-hybridized carbons (Fsp3) is 0.556. The Morgan fingerprint density at radius 2 is 2.10 bits per heavy atom. The lowest BCUT2D eigenvalue weighted by Crippen LogP contribution is -2.21. The van der Waals surface area contributed by atoms with Crippen molar-refractivity contribution in [2.75, 3.05) is 6.61 Å². The third kappa shape index (κ3) is 4.01. The second-order valence-electron chi connectivity index (χ2n) is 2.34. The molecule has 1 heteroatoms. The van der Waals surface area contributed by atoms with Crippen molar-refractivity contribution in [2.45, 2.75) is 26.4 Å². The Morgan fingerprint density at radius 3 is 2.50 bits per heavy atom. The fourth-order valence-electron chi connectivity index (χ4n) is 0.584. The van der Waals surface area contributed by atoms with Crippen molar-refractivity contribution in [3.8, 4) is 24.2 Å². The van der Waals surface area contributed by atoms with Crippen LogP contribution in [0, 0.1) is 24.2 Å². The summed E-state index contributed by atoms with van der Waals surface area (Å²) in [7, 11) is 0. The van der Waals surface area contributed by atoms with Crippen LogP contribution in [-0.4, -0.2) is 12.2 Å². The summed E-state index contributed by atoms with van der Waals surface area (Å²) in [5.41, 5.74) is -0.402. The molecular weight excluding hydrogens is 124 g/mol. The molecule has 54 valence electrons. The van der Waals surface area contributed by atoms with Crippen LogP contribution in [0.2, 0.25) is 0 Å². The van der Waals surface area contributed by atoms with Gasteiger partial charge in [-0.1, -0.05) is 5.92 Å². The SMILES string of the molecule is C#CC#CC(C)(C)OCC. The molecule has 0 aliphatic rings. The van der Waals surface area contributed by atoms with Crippen molar-refractivity contribution in [1.29, 1.82) is 0 Å². The first-order chi connectivity index (χ1) is 4.62. The molecule has 0 fully saturated rings. The van der Waals surface area contributed by atoms with Gasteiger partial charge in [-0.2, -0.15) is 0 Å². The lowest BCUT2D eigenvalue weighted by Gasteiger charge is -2.16. The minimum atomic E-state index is -0.402. The van der Waals surface area contributed by atoms with Crippen molar-refractivity contribution in [3.63, 3.8) is 0 Å². The number of ether oxygens (including phenoxy) is 1. The lowest BCUT2D eigenvalue weighted by atomic mass is 10.1. The highest BCUT2D eigenvalue weighted by atomic mass is 16.5. The average Bonchev–Trinajstić information content (AvgIpc) is 1.84. The molecule has 0 rings (SSSR count). The largest absolute Gasteiger partial charge is 0.363 e. The molecule has 0 spiro atoms. The molecule has 10 heavy (non-hydrogen) atoms. The third-order valence-corrected chi connectivity index (χ3v) is 0.941. The smallest absolute Gasteiger partial charge is 0.124 e. The molecule has 0 bridgehead atoms. The fourth-order valence-corrected chi connectivity index (χ4v) is 0.584. The predicted molar refractivity (Wildman–Crippen MR) is 42.3 cm³/mol. The van der Waals surface area contributed by atoms with Gasteiger partial charge in [0.05, 0.1) is 0 Å².